The number of carbonyl (C=O) groups is 1. The Kier molecular flexibility index (Phi) is 6.20. The lowest BCUT2D eigenvalue weighted by Crippen LogP contribution is -2.36. The fraction of sp³-hybridized carbons (Fsp3) is 0.409. The molecule has 1 N–H and O–H groups in total. The van der Waals surface area contributed by atoms with Gasteiger partial charge in [-0.3, -0.25) is 4.79 Å². The third-order valence-corrected chi connectivity index (χ3v) is 7.35. The van der Waals surface area contributed by atoms with Crippen molar-refractivity contribution in [3.63, 3.8) is 0 Å². The number of rotatable bonds is 5. The Morgan fingerprint density at radius 2 is 1.64 bits per heavy atom. The number of sulfonamides is 1. The van der Waals surface area contributed by atoms with Crippen molar-refractivity contribution >= 4 is 15.9 Å². The number of amides is 1. The molecule has 1 fully saturated rings. The molecule has 0 aliphatic carbocycles. The number of carbonyl (C=O) groups excluding carboxylic acids is 1. The van der Waals surface area contributed by atoms with Crippen LogP contribution in [0.4, 0.5) is 0 Å². The first-order valence-corrected chi connectivity index (χ1v) is 11.2. The van der Waals surface area contributed by atoms with E-state index in [2.05, 4.69) is 5.32 Å². The van der Waals surface area contributed by atoms with E-state index in [0.717, 1.165) is 30.4 Å². The van der Waals surface area contributed by atoms with Crippen LogP contribution >= 0.6 is 0 Å². The molecule has 0 radical (unpaired) electrons. The molecule has 1 aliphatic heterocycles. The summed E-state index contributed by atoms with van der Waals surface area (Å²) < 4.78 is 27.6. The number of benzene rings is 2. The third kappa shape index (κ3) is 4.45. The molecule has 1 atom stereocenters. The first kappa shape index (κ1) is 20.6. The molecule has 28 heavy (non-hydrogen) atoms. The average Bonchev–Trinajstić information content (AvgIpc) is 2.69. The van der Waals surface area contributed by atoms with Crippen molar-refractivity contribution in [3.05, 3.63) is 64.7 Å². The van der Waals surface area contributed by atoms with Crippen molar-refractivity contribution in [2.24, 2.45) is 0 Å². The third-order valence-electron chi connectivity index (χ3n) is 5.31. The van der Waals surface area contributed by atoms with Crippen molar-refractivity contribution in [1.82, 2.24) is 9.62 Å². The van der Waals surface area contributed by atoms with Gasteiger partial charge in [-0.1, -0.05) is 42.3 Å². The Bertz CT molecular complexity index is 946. The largest absolute Gasteiger partial charge is 0.346 e. The molecule has 6 heteroatoms. The molecule has 150 valence electrons. The van der Waals surface area contributed by atoms with Crippen LogP contribution in [-0.2, 0) is 10.0 Å². The molecule has 0 spiro atoms. The summed E-state index contributed by atoms with van der Waals surface area (Å²) in [6.07, 6.45) is 2.82. The Morgan fingerprint density at radius 1 is 1.00 bits per heavy atom. The maximum absolute atomic E-state index is 13.1. The first-order valence-electron chi connectivity index (χ1n) is 9.77. The highest BCUT2D eigenvalue weighted by molar-refractivity contribution is 7.89. The van der Waals surface area contributed by atoms with E-state index in [1.807, 2.05) is 38.1 Å². The summed E-state index contributed by atoms with van der Waals surface area (Å²) in [5.41, 5.74) is 3.19. The number of nitrogens with one attached hydrogen (secondary N) is 1. The fourth-order valence-corrected chi connectivity index (χ4v) is 5.25. The van der Waals surface area contributed by atoms with Gasteiger partial charge in [-0.2, -0.15) is 4.31 Å². The Morgan fingerprint density at radius 3 is 2.29 bits per heavy atom. The molecular weight excluding hydrogens is 372 g/mol. The predicted octanol–water partition coefficient (Wildman–Crippen LogP) is 3.97. The van der Waals surface area contributed by atoms with Gasteiger partial charge in [-0.05, 0) is 56.9 Å². The van der Waals surface area contributed by atoms with Crippen molar-refractivity contribution in [3.8, 4) is 0 Å². The van der Waals surface area contributed by atoms with Crippen molar-refractivity contribution in [2.45, 2.75) is 51.0 Å². The SMILES string of the molecule is Cc1ccc([C@@H](C)NC(=O)c2ccc(C)c(S(=O)(=O)N3CCCCC3)c2)cc1. The number of hydrogen-bond donors (Lipinski definition) is 1. The monoisotopic (exact) mass is 400 g/mol. The summed E-state index contributed by atoms with van der Waals surface area (Å²) in [5, 5.41) is 2.96. The van der Waals surface area contributed by atoms with Crippen LogP contribution in [0.5, 0.6) is 0 Å². The van der Waals surface area contributed by atoms with E-state index in [4.69, 9.17) is 0 Å². The second kappa shape index (κ2) is 8.45. The zero-order valence-electron chi connectivity index (χ0n) is 16.7. The van der Waals surface area contributed by atoms with E-state index in [1.54, 1.807) is 19.1 Å². The molecule has 1 saturated heterocycles. The molecule has 1 amide bonds. The van der Waals surface area contributed by atoms with Gasteiger partial charge in [0.2, 0.25) is 10.0 Å². The first-order chi connectivity index (χ1) is 13.3. The molecule has 2 aromatic rings. The molecule has 0 aromatic heterocycles. The van der Waals surface area contributed by atoms with Crippen molar-refractivity contribution in [2.75, 3.05) is 13.1 Å². The minimum atomic E-state index is -3.58. The highest BCUT2D eigenvalue weighted by atomic mass is 32.2. The summed E-state index contributed by atoms with van der Waals surface area (Å²) in [5.74, 6) is -0.275. The van der Waals surface area contributed by atoms with E-state index < -0.39 is 10.0 Å². The number of nitrogens with zero attached hydrogens (tertiary/aromatic N) is 1. The van der Waals surface area contributed by atoms with Crippen LogP contribution in [0.3, 0.4) is 0 Å². The van der Waals surface area contributed by atoms with Crippen LogP contribution < -0.4 is 5.32 Å². The summed E-state index contributed by atoms with van der Waals surface area (Å²) in [4.78, 5) is 13.0. The topological polar surface area (TPSA) is 66.5 Å². The minimum Gasteiger partial charge on any atom is -0.346 e. The molecule has 0 bridgehead atoms. The van der Waals surface area contributed by atoms with Gasteiger partial charge in [0.15, 0.2) is 0 Å². The van der Waals surface area contributed by atoms with Crippen LogP contribution in [0.1, 0.15) is 59.3 Å². The van der Waals surface area contributed by atoms with Crippen molar-refractivity contribution < 1.29 is 13.2 Å². The van der Waals surface area contributed by atoms with E-state index in [1.165, 1.54) is 10.4 Å². The molecule has 0 saturated carbocycles. The Balaban J connectivity index is 1.82. The molecule has 1 aliphatic rings. The van der Waals surface area contributed by atoms with Crippen LogP contribution in [-0.4, -0.2) is 31.7 Å². The van der Waals surface area contributed by atoms with Crippen LogP contribution in [0.15, 0.2) is 47.4 Å². The fourth-order valence-electron chi connectivity index (χ4n) is 3.48. The zero-order chi connectivity index (χ0) is 20.3. The zero-order valence-corrected chi connectivity index (χ0v) is 17.6. The quantitative estimate of drug-likeness (QED) is 0.826. The number of piperidine rings is 1. The van der Waals surface area contributed by atoms with Crippen LogP contribution in [0.25, 0.3) is 0 Å². The number of hydrogen-bond acceptors (Lipinski definition) is 3. The maximum Gasteiger partial charge on any atom is 0.251 e. The predicted molar refractivity (Wildman–Crippen MR) is 111 cm³/mol. The van der Waals surface area contributed by atoms with E-state index in [9.17, 15) is 13.2 Å². The smallest absolute Gasteiger partial charge is 0.251 e. The Hall–Kier alpha value is -2.18. The molecular formula is C22H28N2O3S. The van der Waals surface area contributed by atoms with Gasteiger partial charge in [0, 0.05) is 18.7 Å². The second-order valence-corrected chi connectivity index (χ2v) is 9.46. The van der Waals surface area contributed by atoms with Crippen molar-refractivity contribution in [1.29, 1.82) is 0 Å². The van der Waals surface area contributed by atoms with Gasteiger partial charge < -0.3 is 5.32 Å². The molecule has 2 aromatic carbocycles. The molecule has 0 unspecified atom stereocenters. The van der Waals surface area contributed by atoms with Crippen LogP contribution in [0, 0.1) is 13.8 Å². The van der Waals surface area contributed by atoms with Gasteiger partial charge in [-0.25, -0.2) is 8.42 Å². The maximum atomic E-state index is 13.1. The molecule has 1 heterocycles. The standard InChI is InChI=1S/C22H28N2O3S/c1-16-7-10-19(11-8-16)18(3)23-22(25)20-12-9-17(2)21(15-20)28(26,27)24-13-5-4-6-14-24/h7-12,15,18H,4-6,13-14H2,1-3H3,(H,23,25)/t18-/m1/s1. The van der Waals surface area contributed by atoms with Gasteiger partial charge in [0.25, 0.3) is 5.91 Å². The minimum absolute atomic E-state index is 0.170. The lowest BCUT2D eigenvalue weighted by atomic mass is 10.1. The highest BCUT2D eigenvalue weighted by Gasteiger charge is 2.28. The summed E-state index contributed by atoms with van der Waals surface area (Å²) in [6.45, 7) is 6.80. The van der Waals surface area contributed by atoms with Gasteiger partial charge in [0.1, 0.15) is 0 Å². The normalized spacial score (nSPS) is 16.5. The molecule has 3 rings (SSSR count). The average molecular weight is 401 g/mol. The summed E-state index contributed by atoms with van der Waals surface area (Å²) in [7, 11) is -3.58. The Labute approximate surface area is 167 Å². The van der Waals surface area contributed by atoms with Crippen LogP contribution in [0.2, 0.25) is 0 Å². The number of aryl methyl sites for hydroxylation is 2. The highest BCUT2D eigenvalue weighted by Crippen LogP contribution is 2.25. The van der Waals surface area contributed by atoms with Gasteiger partial charge in [0.05, 0.1) is 10.9 Å². The van der Waals surface area contributed by atoms with E-state index >= 15 is 0 Å². The lowest BCUT2D eigenvalue weighted by molar-refractivity contribution is 0.0939. The lowest BCUT2D eigenvalue weighted by Gasteiger charge is -2.26. The van der Waals surface area contributed by atoms with E-state index in [-0.39, 0.29) is 16.8 Å². The van der Waals surface area contributed by atoms with E-state index in [0.29, 0.717) is 24.2 Å². The summed E-state index contributed by atoms with van der Waals surface area (Å²) >= 11 is 0. The summed E-state index contributed by atoms with van der Waals surface area (Å²) in [6, 6.07) is 12.7. The second-order valence-electron chi connectivity index (χ2n) is 7.55. The van der Waals surface area contributed by atoms with Gasteiger partial charge >= 0.3 is 0 Å². The molecule has 5 nitrogen and oxygen atoms in total. The van der Waals surface area contributed by atoms with Gasteiger partial charge in [-0.15, -0.1) is 0 Å².